The van der Waals surface area contributed by atoms with Crippen molar-refractivity contribution in [2.24, 2.45) is 11.3 Å². The third-order valence-electron chi connectivity index (χ3n) is 8.06. The number of hydrogen-bond donors (Lipinski definition) is 1. The third kappa shape index (κ3) is 5.24. The molecule has 1 unspecified atom stereocenters. The molecule has 176 valence electrons. The molecule has 1 spiro atoms. The molecule has 4 nitrogen and oxygen atoms in total. The van der Waals surface area contributed by atoms with Gasteiger partial charge in [0.2, 0.25) is 5.91 Å². The van der Waals surface area contributed by atoms with Crippen LogP contribution >= 0.6 is 0 Å². The molecule has 2 fully saturated rings. The number of likely N-dealkylation sites (tertiary alicyclic amines) is 1. The van der Waals surface area contributed by atoms with Gasteiger partial charge in [-0.15, -0.1) is 0 Å². The van der Waals surface area contributed by atoms with Gasteiger partial charge in [-0.1, -0.05) is 26.8 Å². The maximum atomic E-state index is 14.3. The van der Waals surface area contributed by atoms with E-state index in [4.69, 9.17) is 0 Å². The second-order valence-electron chi connectivity index (χ2n) is 11.6. The standard InChI is InChI=1S/C27H39FN2O2/c1-26(2,3)11-14-30-15-12-27(13-16-30)10-9-23(21-8-7-20(28)18-22(21)27)29-25(32)17-19-5-4-6-24(19)31/h7-8,18-19,23H,4-6,9-17H2,1-3H3,(H,29,32)/t19?,23-/m1/s1. The van der Waals surface area contributed by atoms with Gasteiger partial charge < -0.3 is 10.2 Å². The summed E-state index contributed by atoms with van der Waals surface area (Å²) in [4.78, 5) is 27.2. The summed E-state index contributed by atoms with van der Waals surface area (Å²) in [6, 6.07) is 5.04. The minimum atomic E-state index is -0.193. The zero-order valence-corrected chi connectivity index (χ0v) is 20.0. The van der Waals surface area contributed by atoms with E-state index < -0.39 is 0 Å². The number of benzene rings is 1. The lowest BCUT2D eigenvalue weighted by atomic mass is 9.63. The number of piperidine rings is 1. The first-order valence-corrected chi connectivity index (χ1v) is 12.5. The summed E-state index contributed by atoms with van der Waals surface area (Å²) in [7, 11) is 0. The fourth-order valence-corrected chi connectivity index (χ4v) is 5.95. The lowest BCUT2D eigenvalue weighted by Gasteiger charge is -2.47. The van der Waals surface area contributed by atoms with Crippen molar-refractivity contribution in [3.63, 3.8) is 0 Å². The van der Waals surface area contributed by atoms with E-state index in [1.165, 1.54) is 12.5 Å². The highest BCUT2D eigenvalue weighted by Gasteiger charge is 2.42. The summed E-state index contributed by atoms with van der Waals surface area (Å²) >= 11 is 0. The summed E-state index contributed by atoms with van der Waals surface area (Å²) in [6.45, 7) is 10.1. The molecule has 2 atom stereocenters. The van der Waals surface area contributed by atoms with Crippen molar-refractivity contribution >= 4 is 11.7 Å². The number of rotatable bonds is 5. The van der Waals surface area contributed by atoms with Gasteiger partial charge >= 0.3 is 0 Å². The SMILES string of the molecule is CC(C)(C)CCN1CCC2(CC[C@@H](NC(=O)CC3CCCC3=O)c3ccc(F)cc32)CC1. The van der Waals surface area contributed by atoms with Gasteiger partial charge in [0.1, 0.15) is 11.6 Å². The minimum Gasteiger partial charge on any atom is -0.349 e. The molecule has 0 radical (unpaired) electrons. The maximum absolute atomic E-state index is 14.3. The first-order chi connectivity index (χ1) is 15.2. The highest BCUT2D eigenvalue weighted by atomic mass is 19.1. The number of nitrogens with zero attached hydrogens (tertiary/aromatic N) is 1. The van der Waals surface area contributed by atoms with E-state index in [0.29, 0.717) is 18.3 Å². The Morgan fingerprint density at radius 2 is 1.94 bits per heavy atom. The van der Waals surface area contributed by atoms with Gasteiger partial charge in [-0.05, 0) is 98.7 Å². The molecule has 1 N–H and O–H groups in total. The molecule has 3 aliphatic rings. The van der Waals surface area contributed by atoms with Gasteiger partial charge in [-0.25, -0.2) is 4.39 Å². The van der Waals surface area contributed by atoms with Crippen molar-refractivity contribution < 1.29 is 14.0 Å². The molecule has 1 aliphatic heterocycles. The zero-order valence-electron chi connectivity index (χ0n) is 20.0. The van der Waals surface area contributed by atoms with E-state index in [2.05, 4.69) is 31.0 Å². The van der Waals surface area contributed by atoms with Gasteiger partial charge in [-0.3, -0.25) is 9.59 Å². The molecule has 32 heavy (non-hydrogen) atoms. The molecule has 4 rings (SSSR count). The van der Waals surface area contributed by atoms with Crippen molar-refractivity contribution in [3.8, 4) is 0 Å². The van der Waals surface area contributed by atoms with Crippen LogP contribution in [0.5, 0.6) is 0 Å². The number of hydrogen-bond acceptors (Lipinski definition) is 3. The van der Waals surface area contributed by atoms with Crippen molar-refractivity contribution in [3.05, 3.63) is 35.1 Å². The summed E-state index contributed by atoms with van der Waals surface area (Å²) in [5, 5.41) is 3.19. The number of halogens is 1. The van der Waals surface area contributed by atoms with Crippen molar-refractivity contribution in [1.29, 1.82) is 0 Å². The van der Waals surface area contributed by atoms with Crippen LogP contribution in [0, 0.1) is 17.2 Å². The van der Waals surface area contributed by atoms with E-state index in [9.17, 15) is 14.0 Å². The summed E-state index contributed by atoms with van der Waals surface area (Å²) in [5.41, 5.74) is 2.52. The van der Waals surface area contributed by atoms with Crippen molar-refractivity contribution in [2.75, 3.05) is 19.6 Å². The molecular weight excluding hydrogens is 403 g/mol. The fraction of sp³-hybridized carbons (Fsp3) is 0.704. The maximum Gasteiger partial charge on any atom is 0.221 e. The average molecular weight is 443 g/mol. The fourth-order valence-electron chi connectivity index (χ4n) is 5.95. The summed E-state index contributed by atoms with van der Waals surface area (Å²) in [5.74, 6) is -0.126. The largest absolute Gasteiger partial charge is 0.349 e. The van der Waals surface area contributed by atoms with Crippen LogP contribution in [0.4, 0.5) is 4.39 Å². The van der Waals surface area contributed by atoms with Crippen LogP contribution in [-0.4, -0.2) is 36.2 Å². The molecule has 1 amide bonds. The van der Waals surface area contributed by atoms with Gasteiger partial charge in [-0.2, -0.15) is 0 Å². The van der Waals surface area contributed by atoms with E-state index >= 15 is 0 Å². The number of amides is 1. The van der Waals surface area contributed by atoms with Crippen LogP contribution in [0.25, 0.3) is 0 Å². The van der Waals surface area contributed by atoms with Gasteiger partial charge in [0.05, 0.1) is 6.04 Å². The number of carbonyl (C=O) groups excluding carboxylic acids is 2. The average Bonchev–Trinajstić information content (AvgIpc) is 3.13. The Kier molecular flexibility index (Phi) is 6.76. The van der Waals surface area contributed by atoms with E-state index in [-0.39, 0.29) is 34.9 Å². The number of carbonyl (C=O) groups is 2. The Balaban J connectivity index is 1.44. The normalized spacial score (nSPS) is 25.7. The van der Waals surface area contributed by atoms with Crippen LogP contribution in [0.2, 0.25) is 0 Å². The summed E-state index contributed by atoms with van der Waals surface area (Å²) in [6.07, 6.45) is 7.76. The van der Waals surface area contributed by atoms with Crippen molar-refractivity contribution in [2.45, 2.75) is 90.0 Å². The van der Waals surface area contributed by atoms with Gasteiger partial charge in [0.15, 0.2) is 0 Å². The lowest BCUT2D eigenvalue weighted by Crippen LogP contribution is -2.47. The number of Topliss-reactive ketones (excluding diaryl/α,β-unsaturated/α-hetero) is 1. The second kappa shape index (κ2) is 9.24. The van der Waals surface area contributed by atoms with Crippen LogP contribution in [0.15, 0.2) is 18.2 Å². The molecule has 5 heteroatoms. The van der Waals surface area contributed by atoms with Crippen molar-refractivity contribution in [1.82, 2.24) is 10.2 Å². The molecule has 0 bridgehead atoms. The van der Waals surface area contributed by atoms with E-state index in [1.54, 1.807) is 6.07 Å². The van der Waals surface area contributed by atoms with E-state index in [1.807, 2.05) is 6.07 Å². The highest BCUT2D eigenvalue weighted by Crippen LogP contribution is 2.48. The number of ketones is 1. The topological polar surface area (TPSA) is 49.4 Å². The molecule has 1 saturated carbocycles. The van der Waals surface area contributed by atoms with Crippen LogP contribution in [0.1, 0.15) is 95.7 Å². The molecule has 1 saturated heterocycles. The highest BCUT2D eigenvalue weighted by molar-refractivity contribution is 5.88. The number of nitrogens with one attached hydrogen (secondary N) is 1. The van der Waals surface area contributed by atoms with Crippen LogP contribution < -0.4 is 5.32 Å². The molecule has 1 heterocycles. The molecular formula is C27H39FN2O2. The molecule has 1 aromatic carbocycles. The van der Waals surface area contributed by atoms with E-state index in [0.717, 1.165) is 69.3 Å². The third-order valence-corrected chi connectivity index (χ3v) is 8.06. The van der Waals surface area contributed by atoms with Gasteiger partial charge in [0.25, 0.3) is 0 Å². The molecule has 1 aromatic rings. The predicted octanol–water partition coefficient (Wildman–Crippen LogP) is 5.31. The Bertz CT molecular complexity index is 852. The number of fused-ring (bicyclic) bond motifs is 2. The van der Waals surface area contributed by atoms with Crippen LogP contribution in [-0.2, 0) is 15.0 Å². The molecule has 0 aromatic heterocycles. The quantitative estimate of drug-likeness (QED) is 0.673. The Morgan fingerprint density at radius 3 is 2.59 bits per heavy atom. The summed E-state index contributed by atoms with van der Waals surface area (Å²) < 4.78 is 14.3. The Hall–Kier alpha value is -1.75. The Morgan fingerprint density at radius 1 is 1.19 bits per heavy atom. The minimum absolute atomic E-state index is 0.0122. The lowest BCUT2D eigenvalue weighted by molar-refractivity contribution is -0.128. The predicted molar refractivity (Wildman–Crippen MR) is 125 cm³/mol. The smallest absolute Gasteiger partial charge is 0.221 e. The monoisotopic (exact) mass is 442 g/mol. The second-order valence-corrected chi connectivity index (χ2v) is 11.6. The van der Waals surface area contributed by atoms with Crippen LogP contribution in [0.3, 0.4) is 0 Å². The molecule has 2 aliphatic carbocycles. The zero-order chi connectivity index (χ0) is 22.9. The first kappa shape index (κ1) is 23.4. The Labute approximate surface area is 192 Å². The first-order valence-electron chi connectivity index (χ1n) is 12.5. The van der Waals surface area contributed by atoms with Gasteiger partial charge in [0, 0.05) is 18.8 Å².